The zero-order valence-corrected chi connectivity index (χ0v) is 19.9. The number of benzene rings is 2. The zero-order chi connectivity index (χ0) is 21.6. The molecule has 1 fully saturated rings. The number of ether oxygens (including phenoxy) is 1. The van der Waals surface area contributed by atoms with E-state index in [1.54, 1.807) is 0 Å². The molecule has 1 aliphatic rings. The minimum absolute atomic E-state index is 0.00174. The molecule has 162 valence electrons. The Morgan fingerprint density at radius 2 is 1.77 bits per heavy atom. The van der Waals surface area contributed by atoms with Crippen molar-refractivity contribution in [3.63, 3.8) is 0 Å². The summed E-state index contributed by atoms with van der Waals surface area (Å²) in [5, 5.41) is 3.00. The number of amides is 1. The third-order valence-corrected chi connectivity index (χ3v) is 6.21. The fourth-order valence-corrected chi connectivity index (χ4v) is 4.21. The summed E-state index contributed by atoms with van der Waals surface area (Å²) >= 11 is 3.56. The molecule has 1 aliphatic heterocycles. The van der Waals surface area contributed by atoms with Crippen LogP contribution in [0.15, 0.2) is 46.9 Å². The maximum atomic E-state index is 12.4. The third-order valence-electron chi connectivity index (χ3n) is 5.59. The number of halogens is 1. The first-order valence-corrected chi connectivity index (χ1v) is 11.6. The maximum absolute atomic E-state index is 12.4. The van der Waals surface area contributed by atoms with Crippen LogP contribution in [0.3, 0.4) is 0 Å². The summed E-state index contributed by atoms with van der Waals surface area (Å²) in [7, 11) is 0. The second-order valence-corrected chi connectivity index (χ2v) is 9.92. The minimum atomic E-state index is -0.116. The lowest BCUT2D eigenvalue weighted by molar-refractivity contribution is -0.123. The van der Waals surface area contributed by atoms with E-state index in [1.165, 1.54) is 36.0 Å². The highest BCUT2D eigenvalue weighted by Gasteiger charge is 2.16. The van der Waals surface area contributed by atoms with Crippen LogP contribution >= 0.6 is 15.9 Å². The van der Waals surface area contributed by atoms with Crippen LogP contribution in [0, 0.1) is 0 Å². The summed E-state index contributed by atoms with van der Waals surface area (Å²) in [6, 6.07) is 14.4. The van der Waals surface area contributed by atoms with Crippen molar-refractivity contribution in [3.8, 4) is 5.75 Å². The van der Waals surface area contributed by atoms with Gasteiger partial charge in [0.2, 0.25) is 0 Å². The minimum Gasteiger partial charge on any atom is -0.483 e. The molecule has 0 saturated carbocycles. The third kappa shape index (κ3) is 6.58. The number of nitrogens with one attached hydrogen (secondary N) is 1. The smallest absolute Gasteiger partial charge is 0.258 e. The highest BCUT2D eigenvalue weighted by Crippen LogP contribution is 2.31. The van der Waals surface area contributed by atoms with Gasteiger partial charge in [-0.15, -0.1) is 0 Å². The van der Waals surface area contributed by atoms with E-state index >= 15 is 0 Å². The van der Waals surface area contributed by atoms with Gasteiger partial charge in [-0.3, -0.25) is 9.69 Å². The molecular weight excluding hydrogens is 440 g/mol. The molecule has 0 bridgehead atoms. The van der Waals surface area contributed by atoms with Crippen LogP contribution in [-0.2, 0) is 23.3 Å². The van der Waals surface area contributed by atoms with Crippen molar-refractivity contribution < 1.29 is 9.53 Å². The van der Waals surface area contributed by atoms with E-state index in [2.05, 4.69) is 77.2 Å². The van der Waals surface area contributed by atoms with Crippen molar-refractivity contribution >= 4 is 21.8 Å². The first kappa shape index (κ1) is 22.8. The Morgan fingerprint density at radius 1 is 1.07 bits per heavy atom. The van der Waals surface area contributed by atoms with Crippen LogP contribution in [0.25, 0.3) is 0 Å². The molecule has 0 aliphatic carbocycles. The van der Waals surface area contributed by atoms with Gasteiger partial charge in [0.1, 0.15) is 5.75 Å². The van der Waals surface area contributed by atoms with Gasteiger partial charge in [-0.25, -0.2) is 0 Å². The summed E-state index contributed by atoms with van der Waals surface area (Å²) in [6.45, 7) is 10.3. The molecule has 1 N–H and O–H groups in total. The average Bonchev–Trinajstić information content (AvgIpc) is 2.72. The van der Waals surface area contributed by atoms with Crippen molar-refractivity contribution in [2.24, 2.45) is 0 Å². The molecule has 3 rings (SSSR count). The lowest BCUT2D eigenvalue weighted by Crippen LogP contribution is -2.31. The lowest BCUT2D eigenvalue weighted by Gasteiger charge is -2.27. The molecular formula is C25H33BrN2O2. The van der Waals surface area contributed by atoms with Crippen LogP contribution in [0.1, 0.15) is 56.7 Å². The molecule has 2 aromatic rings. The molecule has 0 atom stereocenters. The Labute approximate surface area is 189 Å². The predicted molar refractivity (Wildman–Crippen MR) is 126 cm³/mol. The number of nitrogens with zero attached hydrogens (tertiary/aromatic N) is 1. The summed E-state index contributed by atoms with van der Waals surface area (Å²) in [6.07, 6.45) is 3.90. The van der Waals surface area contributed by atoms with Gasteiger partial charge in [-0.1, -0.05) is 57.5 Å². The number of piperidine rings is 1. The van der Waals surface area contributed by atoms with E-state index in [9.17, 15) is 4.79 Å². The molecule has 0 spiro atoms. The first-order chi connectivity index (χ1) is 14.3. The van der Waals surface area contributed by atoms with Crippen LogP contribution < -0.4 is 10.1 Å². The molecule has 1 saturated heterocycles. The van der Waals surface area contributed by atoms with Crippen LogP contribution in [0.4, 0.5) is 0 Å². The Morgan fingerprint density at radius 3 is 2.43 bits per heavy atom. The van der Waals surface area contributed by atoms with Crippen molar-refractivity contribution in [1.29, 1.82) is 0 Å². The molecule has 5 heteroatoms. The number of hydrogen-bond acceptors (Lipinski definition) is 3. The fraction of sp³-hybridized carbons (Fsp3) is 0.480. The summed E-state index contributed by atoms with van der Waals surface area (Å²) in [5.41, 5.74) is 3.75. The fourth-order valence-electron chi connectivity index (χ4n) is 3.72. The van der Waals surface area contributed by atoms with Crippen LogP contribution in [0.5, 0.6) is 5.75 Å². The van der Waals surface area contributed by atoms with E-state index in [0.29, 0.717) is 12.3 Å². The van der Waals surface area contributed by atoms with Crippen molar-refractivity contribution in [2.45, 2.75) is 58.5 Å². The van der Waals surface area contributed by atoms with Crippen molar-refractivity contribution in [3.05, 3.63) is 63.6 Å². The number of likely N-dealkylation sites (tertiary alicyclic amines) is 1. The van der Waals surface area contributed by atoms with Gasteiger partial charge in [0.15, 0.2) is 6.61 Å². The lowest BCUT2D eigenvalue weighted by atomic mass is 9.87. The van der Waals surface area contributed by atoms with E-state index < -0.39 is 0 Å². The van der Waals surface area contributed by atoms with E-state index in [1.807, 2.05) is 12.1 Å². The molecule has 2 aromatic carbocycles. The van der Waals surface area contributed by atoms with Gasteiger partial charge < -0.3 is 10.1 Å². The number of carbonyl (C=O) groups is 1. The standard InChI is InChI=1S/C25H33BrN2O2/c1-25(2,3)21-11-12-23(22(26)15-21)30-18-24(29)27-16-19-9-5-6-10-20(19)17-28-13-7-4-8-14-28/h5-6,9-12,15H,4,7-8,13-14,16-18H2,1-3H3,(H,27,29). The number of hydrogen-bond donors (Lipinski definition) is 1. The maximum Gasteiger partial charge on any atom is 0.258 e. The Hall–Kier alpha value is -1.85. The SMILES string of the molecule is CC(C)(C)c1ccc(OCC(=O)NCc2ccccc2CN2CCCCC2)c(Br)c1. The number of rotatable bonds is 7. The zero-order valence-electron chi connectivity index (χ0n) is 18.3. The Kier molecular flexibility index (Phi) is 7.95. The van der Waals surface area contributed by atoms with Crippen molar-refractivity contribution in [2.75, 3.05) is 19.7 Å². The van der Waals surface area contributed by atoms with Gasteiger partial charge in [-0.2, -0.15) is 0 Å². The second-order valence-electron chi connectivity index (χ2n) is 9.07. The molecule has 0 aromatic heterocycles. The van der Waals surface area contributed by atoms with Crippen molar-refractivity contribution in [1.82, 2.24) is 10.2 Å². The van der Waals surface area contributed by atoms with Gasteiger partial charge in [-0.05, 0) is 76.1 Å². The van der Waals surface area contributed by atoms with E-state index in [4.69, 9.17) is 4.74 Å². The van der Waals surface area contributed by atoms with Gasteiger partial charge in [0.25, 0.3) is 5.91 Å². The summed E-state index contributed by atoms with van der Waals surface area (Å²) in [5.74, 6) is 0.568. The molecule has 0 unspecified atom stereocenters. The molecule has 30 heavy (non-hydrogen) atoms. The average molecular weight is 473 g/mol. The predicted octanol–water partition coefficient (Wildman–Crippen LogP) is 5.43. The second kappa shape index (κ2) is 10.5. The molecule has 0 radical (unpaired) electrons. The molecule has 4 nitrogen and oxygen atoms in total. The highest BCUT2D eigenvalue weighted by molar-refractivity contribution is 9.10. The van der Waals surface area contributed by atoms with Gasteiger partial charge in [0, 0.05) is 13.1 Å². The Bertz CT molecular complexity index is 854. The van der Waals surface area contributed by atoms with E-state index in [0.717, 1.165) is 24.1 Å². The Balaban J connectivity index is 1.52. The quantitative estimate of drug-likeness (QED) is 0.583. The highest BCUT2D eigenvalue weighted by atomic mass is 79.9. The normalized spacial score (nSPS) is 15.1. The van der Waals surface area contributed by atoms with Gasteiger partial charge >= 0.3 is 0 Å². The van der Waals surface area contributed by atoms with Crippen LogP contribution in [-0.4, -0.2) is 30.5 Å². The first-order valence-electron chi connectivity index (χ1n) is 10.8. The largest absolute Gasteiger partial charge is 0.483 e. The van der Waals surface area contributed by atoms with E-state index in [-0.39, 0.29) is 17.9 Å². The summed E-state index contributed by atoms with van der Waals surface area (Å²) < 4.78 is 6.61. The van der Waals surface area contributed by atoms with Gasteiger partial charge in [0.05, 0.1) is 4.47 Å². The number of carbonyl (C=O) groups excluding carboxylic acids is 1. The topological polar surface area (TPSA) is 41.6 Å². The molecule has 1 heterocycles. The monoisotopic (exact) mass is 472 g/mol. The van der Waals surface area contributed by atoms with Crippen LogP contribution in [0.2, 0.25) is 0 Å². The molecule has 1 amide bonds. The summed E-state index contributed by atoms with van der Waals surface area (Å²) in [4.78, 5) is 14.9.